The Hall–Kier alpha value is -2.62. The minimum Gasteiger partial charge on any atom is -0.352 e. The summed E-state index contributed by atoms with van der Waals surface area (Å²) in [6.07, 6.45) is 0.891. The lowest BCUT2D eigenvalue weighted by Crippen LogP contribution is -2.24. The molecule has 0 aliphatic carbocycles. The highest BCUT2D eigenvalue weighted by atomic mass is 16.2. The summed E-state index contributed by atoms with van der Waals surface area (Å²) in [4.78, 5) is 24.1. The van der Waals surface area contributed by atoms with Crippen molar-refractivity contribution in [2.75, 3.05) is 11.9 Å². The first-order chi connectivity index (χ1) is 11.0. The van der Waals surface area contributed by atoms with Crippen LogP contribution in [-0.4, -0.2) is 18.4 Å². The summed E-state index contributed by atoms with van der Waals surface area (Å²) in [5, 5.41) is 5.69. The van der Waals surface area contributed by atoms with Crippen molar-refractivity contribution in [1.82, 2.24) is 5.32 Å². The normalized spacial score (nSPS) is 10.2. The van der Waals surface area contributed by atoms with Crippen molar-refractivity contribution >= 4 is 17.5 Å². The monoisotopic (exact) mass is 310 g/mol. The van der Waals surface area contributed by atoms with E-state index in [1.54, 1.807) is 24.3 Å². The summed E-state index contributed by atoms with van der Waals surface area (Å²) in [5.41, 5.74) is 4.06. The van der Waals surface area contributed by atoms with E-state index in [-0.39, 0.29) is 11.8 Å². The molecule has 0 aliphatic rings. The molecule has 0 unspecified atom stereocenters. The molecule has 2 amide bonds. The molecule has 4 heteroatoms. The third-order valence-electron chi connectivity index (χ3n) is 3.42. The van der Waals surface area contributed by atoms with Crippen LogP contribution in [0, 0.1) is 13.8 Å². The van der Waals surface area contributed by atoms with E-state index < -0.39 is 0 Å². The first-order valence-corrected chi connectivity index (χ1v) is 7.77. The van der Waals surface area contributed by atoms with Crippen molar-refractivity contribution in [2.45, 2.75) is 27.2 Å². The zero-order valence-corrected chi connectivity index (χ0v) is 13.8. The lowest BCUT2D eigenvalue weighted by atomic mass is 10.1. The first-order valence-electron chi connectivity index (χ1n) is 7.77. The highest BCUT2D eigenvalue weighted by Gasteiger charge is 2.09. The number of amides is 2. The Kier molecular flexibility index (Phi) is 5.52. The van der Waals surface area contributed by atoms with Gasteiger partial charge < -0.3 is 10.6 Å². The molecule has 0 aromatic heterocycles. The number of carbonyl (C=O) groups is 2. The molecule has 0 fully saturated rings. The molecule has 0 radical (unpaired) electrons. The lowest BCUT2D eigenvalue weighted by Gasteiger charge is -2.08. The third-order valence-corrected chi connectivity index (χ3v) is 3.42. The molecule has 0 saturated heterocycles. The number of carbonyl (C=O) groups excluding carboxylic acids is 2. The molecule has 120 valence electrons. The number of aryl methyl sites for hydroxylation is 2. The van der Waals surface area contributed by atoms with Gasteiger partial charge in [0.2, 0.25) is 0 Å². The average Bonchev–Trinajstić information content (AvgIpc) is 2.51. The highest BCUT2D eigenvalue weighted by molar-refractivity contribution is 6.05. The molecule has 2 N–H and O–H groups in total. The van der Waals surface area contributed by atoms with E-state index in [0.29, 0.717) is 17.7 Å². The number of rotatable bonds is 5. The molecule has 0 atom stereocenters. The van der Waals surface area contributed by atoms with E-state index in [9.17, 15) is 9.59 Å². The van der Waals surface area contributed by atoms with Gasteiger partial charge in [-0.2, -0.15) is 0 Å². The summed E-state index contributed by atoms with van der Waals surface area (Å²) in [6.45, 7) is 6.63. The summed E-state index contributed by atoms with van der Waals surface area (Å²) in [7, 11) is 0. The minimum atomic E-state index is -0.185. The standard InChI is InChI=1S/C19H22N2O2/c1-4-9-20-18(22)15-5-7-16(8-6-15)19(23)21-17-11-13(2)10-14(3)12-17/h5-8,10-12H,4,9H2,1-3H3,(H,20,22)(H,21,23). The van der Waals surface area contributed by atoms with Crippen LogP contribution < -0.4 is 10.6 Å². The van der Waals surface area contributed by atoms with E-state index in [0.717, 1.165) is 23.2 Å². The predicted molar refractivity (Wildman–Crippen MR) is 92.9 cm³/mol. The van der Waals surface area contributed by atoms with Crippen molar-refractivity contribution in [2.24, 2.45) is 0 Å². The van der Waals surface area contributed by atoms with Gasteiger partial charge >= 0.3 is 0 Å². The topological polar surface area (TPSA) is 58.2 Å². The van der Waals surface area contributed by atoms with E-state index >= 15 is 0 Å². The second kappa shape index (κ2) is 7.58. The van der Waals surface area contributed by atoms with E-state index in [2.05, 4.69) is 16.7 Å². The van der Waals surface area contributed by atoms with Crippen molar-refractivity contribution in [3.8, 4) is 0 Å². The quantitative estimate of drug-likeness (QED) is 0.884. The Balaban J connectivity index is 2.06. The SMILES string of the molecule is CCCNC(=O)c1ccc(C(=O)Nc2cc(C)cc(C)c2)cc1. The fourth-order valence-corrected chi connectivity index (χ4v) is 2.36. The Morgan fingerprint density at radius 1 is 0.870 bits per heavy atom. The fourth-order valence-electron chi connectivity index (χ4n) is 2.36. The number of benzene rings is 2. The average molecular weight is 310 g/mol. The maximum absolute atomic E-state index is 12.3. The molecule has 2 aromatic carbocycles. The summed E-state index contributed by atoms with van der Waals surface area (Å²) >= 11 is 0. The zero-order valence-electron chi connectivity index (χ0n) is 13.8. The van der Waals surface area contributed by atoms with Crippen LogP contribution in [0.15, 0.2) is 42.5 Å². The molecule has 0 spiro atoms. The Labute approximate surface area is 136 Å². The van der Waals surface area contributed by atoms with E-state index in [1.807, 2.05) is 32.9 Å². The van der Waals surface area contributed by atoms with Gasteiger partial charge in [0, 0.05) is 23.4 Å². The number of hydrogen-bond donors (Lipinski definition) is 2. The lowest BCUT2D eigenvalue weighted by molar-refractivity contribution is 0.0951. The Morgan fingerprint density at radius 2 is 1.39 bits per heavy atom. The van der Waals surface area contributed by atoms with Crippen molar-refractivity contribution in [1.29, 1.82) is 0 Å². The molecule has 0 heterocycles. The van der Waals surface area contributed by atoms with Gasteiger partial charge in [-0.15, -0.1) is 0 Å². The van der Waals surface area contributed by atoms with Crippen LogP contribution >= 0.6 is 0 Å². The second-order valence-corrected chi connectivity index (χ2v) is 5.66. The van der Waals surface area contributed by atoms with E-state index in [4.69, 9.17) is 0 Å². The van der Waals surface area contributed by atoms with Gasteiger partial charge in [-0.3, -0.25) is 9.59 Å². The molecule has 0 bridgehead atoms. The number of nitrogens with one attached hydrogen (secondary N) is 2. The summed E-state index contributed by atoms with van der Waals surface area (Å²) in [5.74, 6) is -0.302. The minimum absolute atomic E-state index is 0.117. The Morgan fingerprint density at radius 3 is 1.91 bits per heavy atom. The molecule has 2 aromatic rings. The van der Waals surface area contributed by atoms with Gasteiger partial charge in [0.15, 0.2) is 0 Å². The van der Waals surface area contributed by atoms with Crippen LogP contribution in [0.25, 0.3) is 0 Å². The summed E-state index contributed by atoms with van der Waals surface area (Å²) < 4.78 is 0. The van der Waals surface area contributed by atoms with Gasteiger partial charge in [-0.25, -0.2) is 0 Å². The van der Waals surface area contributed by atoms with Crippen LogP contribution in [0.3, 0.4) is 0 Å². The molecule has 23 heavy (non-hydrogen) atoms. The van der Waals surface area contributed by atoms with Gasteiger partial charge in [-0.05, 0) is 67.8 Å². The Bertz CT molecular complexity index is 686. The molecule has 4 nitrogen and oxygen atoms in total. The molecular weight excluding hydrogens is 288 g/mol. The zero-order chi connectivity index (χ0) is 16.8. The highest BCUT2D eigenvalue weighted by Crippen LogP contribution is 2.15. The third kappa shape index (κ3) is 4.68. The van der Waals surface area contributed by atoms with Crippen LogP contribution in [-0.2, 0) is 0 Å². The maximum atomic E-state index is 12.3. The largest absolute Gasteiger partial charge is 0.352 e. The number of hydrogen-bond acceptors (Lipinski definition) is 2. The molecule has 0 aliphatic heterocycles. The first kappa shape index (κ1) is 16.7. The van der Waals surface area contributed by atoms with Crippen LogP contribution in [0.5, 0.6) is 0 Å². The maximum Gasteiger partial charge on any atom is 0.255 e. The van der Waals surface area contributed by atoms with Gasteiger partial charge in [0.25, 0.3) is 11.8 Å². The van der Waals surface area contributed by atoms with Gasteiger partial charge in [-0.1, -0.05) is 13.0 Å². The van der Waals surface area contributed by atoms with Crippen molar-refractivity contribution < 1.29 is 9.59 Å². The summed E-state index contributed by atoms with van der Waals surface area (Å²) in [6, 6.07) is 12.6. The van der Waals surface area contributed by atoms with Crippen molar-refractivity contribution in [3.05, 3.63) is 64.7 Å². The van der Waals surface area contributed by atoms with Crippen molar-refractivity contribution in [3.63, 3.8) is 0 Å². The molecule has 2 rings (SSSR count). The van der Waals surface area contributed by atoms with Crippen LogP contribution in [0.1, 0.15) is 45.2 Å². The predicted octanol–water partition coefficient (Wildman–Crippen LogP) is 3.70. The van der Waals surface area contributed by atoms with Gasteiger partial charge in [0.05, 0.1) is 0 Å². The van der Waals surface area contributed by atoms with Crippen LogP contribution in [0.4, 0.5) is 5.69 Å². The van der Waals surface area contributed by atoms with Crippen LogP contribution in [0.2, 0.25) is 0 Å². The molecular formula is C19H22N2O2. The second-order valence-electron chi connectivity index (χ2n) is 5.66. The fraction of sp³-hybridized carbons (Fsp3) is 0.263. The molecule has 0 saturated carbocycles. The van der Waals surface area contributed by atoms with Gasteiger partial charge in [0.1, 0.15) is 0 Å². The smallest absolute Gasteiger partial charge is 0.255 e. The number of anilines is 1. The van der Waals surface area contributed by atoms with E-state index in [1.165, 1.54) is 0 Å².